The van der Waals surface area contributed by atoms with Crippen molar-refractivity contribution >= 4 is 17.4 Å². The van der Waals surface area contributed by atoms with E-state index in [0.717, 1.165) is 36.3 Å². The van der Waals surface area contributed by atoms with E-state index >= 15 is 0 Å². The number of rotatable bonds is 9. The lowest BCUT2D eigenvalue weighted by Gasteiger charge is -2.21. The molecule has 172 valence electrons. The highest BCUT2D eigenvalue weighted by Crippen LogP contribution is 2.31. The zero-order valence-corrected chi connectivity index (χ0v) is 18.7. The van der Waals surface area contributed by atoms with Crippen molar-refractivity contribution in [1.29, 1.82) is 0 Å². The van der Waals surface area contributed by atoms with Crippen LogP contribution in [0.1, 0.15) is 17.7 Å². The van der Waals surface area contributed by atoms with Crippen molar-refractivity contribution in [1.82, 2.24) is 15.0 Å². The van der Waals surface area contributed by atoms with E-state index in [9.17, 15) is 4.79 Å². The number of likely N-dealkylation sites (N-methyl/N-ethyl adjacent to an activating group) is 1. The number of aliphatic hydroxyl groups is 1. The molecule has 4 rings (SSSR count). The fraction of sp³-hybridized carbons (Fsp3) is 0.333. The molecule has 0 saturated heterocycles. The van der Waals surface area contributed by atoms with Crippen LogP contribution in [-0.4, -0.2) is 59.9 Å². The average molecular weight is 450 g/mol. The second kappa shape index (κ2) is 10.3. The van der Waals surface area contributed by atoms with Crippen LogP contribution in [0.4, 0.5) is 11.5 Å². The van der Waals surface area contributed by atoms with Crippen LogP contribution in [0.5, 0.6) is 11.5 Å². The topological polar surface area (TPSA) is 110 Å². The average Bonchev–Trinajstić information content (AvgIpc) is 3.31. The van der Waals surface area contributed by atoms with Crippen LogP contribution in [0.15, 0.2) is 42.6 Å². The van der Waals surface area contributed by atoms with Crippen molar-refractivity contribution < 1.29 is 19.4 Å². The van der Waals surface area contributed by atoms with E-state index in [0.29, 0.717) is 28.7 Å². The largest absolute Gasteiger partial charge is 0.497 e. The number of carbonyl (C=O) groups is 1. The number of amides is 1. The van der Waals surface area contributed by atoms with Crippen molar-refractivity contribution in [3.63, 3.8) is 0 Å². The van der Waals surface area contributed by atoms with Gasteiger partial charge in [0.1, 0.15) is 29.6 Å². The maximum absolute atomic E-state index is 12.7. The van der Waals surface area contributed by atoms with Gasteiger partial charge in [-0.1, -0.05) is 6.07 Å². The number of anilines is 2. The van der Waals surface area contributed by atoms with Gasteiger partial charge in [0.2, 0.25) is 5.91 Å². The number of benzene rings is 1. The first-order valence-corrected chi connectivity index (χ1v) is 10.8. The van der Waals surface area contributed by atoms with Gasteiger partial charge in [-0.15, -0.1) is 0 Å². The number of nitrogens with zero attached hydrogens (tertiary/aromatic N) is 4. The fourth-order valence-corrected chi connectivity index (χ4v) is 3.82. The van der Waals surface area contributed by atoms with E-state index in [1.807, 2.05) is 30.1 Å². The molecular weight excluding hydrogens is 422 g/mol. The van der Waals surface area contributed by atoms with Gasteiger partial charge in [0, 0.05) is 42.3 Å². The molecule has 9 heteroatoms. The highest BCUT2D eigenvalue weighted by molar-refractivity contribution is 5.94. The van der Waals surface area contributed by atoms with Crippen molar-refractivity contribution in [3.8, 4) is 23.0 Å². The Kier molecular flexibility index (Phi) is 6.99. The SMILES string of the molecule is COc1cccc(NC(=O)CN(C)c2nc(-c3cc(OCCO)ccn3)nc3c2CCC3)c1. The number of methoxy groups -OCH3 is 1. The van der Waals surface area contributed by atoms with E-state index in [1.165, 1.54) is 0 Å². The summed E-state index contributed by atoms with van der Waals surface area (Å²) in [4.78, 5) is 28.5. The van der Waals surface area contributed by atoms with Crippen molar-refractivity contribution in [2.45, 2.75) is 19.3 Å². The summed E-state index contributed by atoms with van der Waals surface area (Å²) in [6.07, 6.45) is 4.36. The normalized spacial score (nSPS) is 12.2. The first-order valence-electron chi connectivity index (χ1n) is 10.8. The lowest BCUT2D eigenvalue weighted by molar-refractivity contribution is -0.114. The molecule has 0 saturated carbocycles. The Balaban J connectivity index is 1.55. The summed E-state index contributed by atoms with van der Waals surface area (Å²) in [7, 11) is 3.44. The minimum Gasteiger partial charge on any atom is -0.497 e. The molecule has 2 aromatic heterocycles. The van der Waals surface area contributed by atoms with Gasteiger partial charge in [0.05, 0.1) is 20.3 Å². The first-order chi connectivity index (χ1) is 16.1. The van der Waals surface area contributed by atoms with Crippen LogP contribution in [0, 0.1) is 0 Å². The number of ether oxygens (including phenoxy) is 2. The van der Waals surface area contributed by atoms with Gasteiger partial charge in [-0.2, -0.15) is 0 Å². The smallest absolute Gasteiger partial charge is 0.243 e. The van der Waals surface area contributed by atoms with E-state index < -0.39 is 0 Å². The van der Waals surface area contributed by atoms with Crippen LogP contribution in [0.25, 0.3) is 11.5 Å². The maximum Gasteiger partial charge on any atom is 0.243 e. The molecule has 1 aromatic carbocycles. The summed E-state index contributed by atoms with van der Waals surface area (Å²) < 4.78 is 10.7. The van der Waals surface area contributed by atoms with Gasteiger partial charge in [0.15, 0.2) is 5.82 Å². The Bertz CT molecular complexity index is 1140. The molecule has 0 spiro atoms. The Morgan fingerprint density at radius 2 is 2.06 bits per heavy atom. The number of pyridine rings is 1. The van der Waals surface area contributed by atoms with Crippen LogP contribution in [0.2, 0.25) is 0 Å². The van der Waals surface area contributed by atoms with Crippen LogP contribution < -0.4 is 19.7 Å². The molecule has 2 N–H and O–H groups in total. The molecule has 33 heavy (non-hydrogen) atoms. The summed E-state index contributed by atoms with van der Waals surface area (Å²) in [5.41, 5.74) is 3.31. The molecule has 9 nitrogen and oxygen atoms in total. The van der Waals surface area contributed by atoms with Gasteiger partial charge in [-0.25, -0.2) is 9.97 Å². The number of nitrogens with one attached hydrogen (secondary N) is 1. The second-order valence-corrected chi connectivity index (χ2v) is 7.73. The van der Waals surface area contributed by atoms with Crippen molar-refractivity contribution in [2.24, 2.45) is 0 Å². The number of aryl methyl sites for hydroxylation is 1. The maximum atomic E-state index is 12.7. The molecule has 0 aliphatic heterocycles. The molecule has 0 unspecified atom stereocenters. The van der Waals surface area contributed by atoms with E-state index in [4.69, 9.17) is 24.5 Å². The molecule has 3 aromatic rings. The number of hydrogen-bond acceptors (Lipinski definition) is 8. The molecule has 0 fully saturated rings. The highest BCUT2D eigenvalue weighted by atomic mass is 16.5. The number of hydrogen-bond donors (Lipinski definition) is 2. The molecule has 0 radical (unpaired) electrons. The van der Waals surface area contributed by atoms with Crippen LogP contribution in [0.3, 0.4) is 0 Å². The van der Waals surface area contributed by atoms with Crippen molar-refractivity contribution in [3.05, 3.63) is 53.9 Å². The summed E-state index contributed by atoms with van der Waals surface area (Å²) in [5.74, 6) is 2.33. The third-order valence-electron chi connectivity index (χ3n) is 5.33. The minimum absolute atomic E-state index is 0.0697. The Labute approximate surface area is 192 Å². The summed E-state index contributed by atoms with van der Waals surface area (Å²) in [6.45, 7) is 0.262. The van der Waals surface area contributed by atoms with Gasteiger partial charge in [-0.05, 0) is 37.5 Å². The molecule has 2 heterocycles. The van der Waals surface area contributed by atoms with Crippen LogP contribution in [-0.2, 0) is 17.6 Å². The third kappa shape index (κ3) is 5.38. The second-order valence-electron chi connectivity index (χ2n) is 7.73. The molecule has 1 amide bonds. The van der Waals surface area contributed by atoms with E-state index in [1.54, 1.807) is 31.5 Å². The van der Waals surface area contributed by atoms with Gasteiger partial charge in [-0.3, -0.25) is 9.78 Å². The zero-order chi connectivity index (χ0) is 23.2. The number of aromatic nitrogens is 3. The number of aliphatic hydroxyl groups excluding tert-OH is 1. The zero-order valence-electron chi connectivity index (χ0n) is 18.7. The van der Waals surface area contributed by atoms with Crippen LogP contribution >= 0.6 is 0 Å². The van der Waals surface area contributed by atoms with Gasteiger partial charge >= 0.3 is 0 Å². The summed E-state index contributed by atoms with van der Waals surface area (Å²) >= 11 is 0. The summed E-state index contributed by atoms with van der Waals surface area (Å²) in [6, 6.07) is 10.7. The minimum atomic E-state index is -0.157. The Morgan fingerprint density at radius 1 is 1.18 bits per heavy atom. The fourth-order valence-electron chi connectivity index (χ4n) is 3.82. The highest BCUT2D eigenvalue weighted by Gasteiger charge is 2.23. The van der Waals surface area contributed by atoms with Gasteiger partial charge < -0.3 is 24.8 Å². The predicted octanol–water partition coefficient (Wildman–Crippen LogP) is 2.48. The van der Waals surface area contributed by atoms with Crippen molar-refractivity contribution in [2.75, 3.05) is 44.1 Å². The predicted molar refractivity (Wildman–Crippen MR) is 125 cm³/mol. The molecule has 0 atom stereocenters. The van der Waals surface area contributed by atoms with E-state index in [-0.39, 0.29) is 25.7 Å². The van der Waals surface area contributed by atoms with Gasteiger partial charge in [0.25, 0.3) is 0 Å². The molecule has 1 aliphatic carbocycles. The quantitative estimate of drug-likeness (QED) is 0.513. The standard InChI is InChI=1S/C24H27N5O4/c1-29(15-22(31)26-16-5-3-6-17(13-16)32-2)24-19-7-4-8-20(19)27-23(28-24)21-14-18(9-10-25-21)33-12-11-30/h3,5-6,9-10,13-14,30H,4,7-8,11-12,15H2,1-2H3,(H,26,31). The first kappa shape index (κ1) is 22.5. The number of carbonyl (C=O) groups excluding carboxylic acids is 1. The third-order valence-corrected chi connectivity index (χ3v) is 5.33. The molecule has 1 aliphatic rings. The summed E-state index contributed by atoms with van der Waals surface area (Å²) in [5, 5.41) is 11.9. The Morgan fingerprint density at radius 3 is 2.88 bits per heavy atom. The lowest BCUT2D eigenvalue weighted by atomic mass is 10.2. The number of fused-ring (bicyclic) bond motifs is 1. The van der Waals surface area contributed by atoms with E-state index in [2.05, 4.69) is 10.3 Å². The molecular formula is C24H27N5O4. The Hall–Kier alpha value is -3.72. The monoisotopic (exact) mass is 449 g/mol. The molecule has 0 bridgehead atoms. The lowest BCUT2D eigenvalue weighted by Crippen LogP contribution is -2.31.